The number of anilines is 2. The first-order valence-electron chi connectivity index (χ1n) is 4.07. The van der Waals surface area contributed by atoms with Gasteiger partial charge in [0.25, 0.3) is 5.56 Å². The number of aromatic nitrogens is 2. The van der Waals surface area contributed by atoms with E-state index in [1.807, 2.05) is 5.32 Å². The van der Waals surface area contributed by atoms with E-state index in [1.54, 1.807) is 0 Å². The summed E-state index contributed by atoms with van der Waals surface area (Å²) in [4.78, 5) is 16.4. The van der Waals surface area contributed by atoms with E-state index in [4.69, 9.17) is 5.73 Å². The van der Waals surface area contributed by atoms with Crippen molar-refractivity contribution in [1.29, 1.82) is 0 Å². The molecule has 5 nitrogen and oxygen atoms in total. The Bertz CT molecular complexity index is 419. The monoisotopic (exact) mass is 240 g/mol. The van der Waals surface area contributed by atoms with Gasteiger partial charge in [-0.15, -0.1) is 0 Å². The average Bonchev–Trinajstić information content (AvgIpc) is 2.20. The fraction of sp³-hybridized carbons (Fsp3) is 0.429. The Labute approximate surface area is 86.7 Å². The van der Waals surface area contributed by atoms with Gasteiger partial charge in [0.05, 0.1) is 12.9 Å². The molecule has 0 unspecified atom stereocenters. The van der Waals surface area contributed by atoms with Crippen molar-refractivity contribution >= 4 is 11.5 Å². The predicted molar refractivity (Wildman–Crippen MR) is 48.7 cm³/mol. The Hall–Kier alpha value is -1.80. The summed E-state index contributed by atoms with van der Waals surface area (Å²) in [5, 5.41) is 1.89. The number of nitrogens with two attached hydrogens (primary N) is 1. The summed E-state index contributed by atoms with van der Waals surface area (Å²) < 4.78 is 48.6. The van der Waals surface area contributed by atoms with Gasteiger partial charge in [0.15, 0.2) is 5.82 Å². The Balaban J connectivity index is 2.76. The number of hydrogen-bond acceptors (Lipinski definition) is 4. The van der Waals surface area contributed by atoms with Crippen LogP contribution >= 0.6 is 0 Å². The lowest BCUT2D eigenvalue weighted by Crippen LogP contribution is -2.35. The summed E-state index contributed by atoms with van der Waals surface area (Å²) in [7, 11) is 0. The Morgan fingerprint density at radius 3 is 2.75 bits per heavy atom. The van der Waals surface area contributed by atoms with Gasteiger partial charge in [-0.3, -0.25) is 4.79 Å². The van der Waals surface area contributed by atoms with E-state index in [9.17, 15) is 22.4 Å². The van der Waals surface area contributed by atoms with Gasteiger partial charge in [-0.05, 0) is 0 Å². The highest BCUT2D eigenvalue weighted by Gasteiger charge is 2.40. The van der Waals surface area contributed by atoms with Gasteiger partial charge in [-0.25, -0.2) is 13.8 Å². The fourth-order valence-corrected chi connectivity index (χ4v) is 0.830. The van der Waals surface area contributed by atoms with Crippen molar-refractivity contribution in [3.05, 3.63) is 16.7 Å². The molecule has 0 atom stereocenters. The number of rotatable bonds is 4. The molecule has 16 heavy (non-hydrogen) atoms. The van der Waals surface area contributed by atoms with Crippen molar-refractivity contribution in [1.82, 2.24) is 9.97 Å². The zero-order chi connectivity index (χ0) is 12.3. The molecule has 1 rings (SSSR count). The maximum Gasteiger partial charge on any atom is 0.324 e. The maximum atomic E-state index is 12.5. The zero-order valence-electron chi connectivity index (χ0n) is 7.81. The van der Waals surface area contributed by atoms with Crippen LogP contribution in [-0.2, 0) is 0 Å². The van der Waals surface area contributed by atoms with Crippen molar-refractivity contribution in [2.75, 3.05) is 17.6 Å². The number of hydrogen-bond donors (Lipinski definition) is 3. The maximum absolute atomic E-state index is 12.5. The quantitative estimate of drug-likeness (QED) is 0.675. The molecule has 90 valence electrons. The van der Waals surface area contributed by atoms with E-state index < -0.39 is 30.1 Å². The Kier molecular flexibility index (Phi) is 3.35. The van der Waals surface area contributed by atoms with Crippen molar-refractivity contribution in [2.45, 2.75) is 12.3 Å². The van der Waals surface area contributed by atoms with Gasteiger partial charge < -0.3 is 16.0 Å². The van der Waals surface area contributed by atoms with Crippen LogP contribution in [0.5, 0.6) is 0 Å². The molecule has 0 aliphatic heterocycles. The van der Waals surface area contributed by atoms with Crippen LogP contribution < -0.4 is 16.6 Å². The number of nitrogens with zero attached hydrogens (tertiary/aromatic N) is 1. The molecule has 4 N–H and O–H groups in total. The molecular weight excluding hydrogens is 232 g/mol. The number of nitrogens with one attached hydrogen (secondary N) is 2. The van der Waals surface area contributed by atoms with E-state index in [0.29, 0.717) is 0 Å². The molecule has 0 aliphatic carbocycles. The van der Waals surface area contributed by atoms with Crippen molar-refractivity contribution in [3.8, 4) is 0 Å². The van der Waals surface area contributed by atoms with Crippen molar-refractivity contribution in [3.63, 3.8) is 0 Å². The van der Waals surface area contributed by atoms with E-state index in [1.165, 1.54) is 0 Å². The minimum absolute atomic E-state index is 0.357. The number of nitrogen functional groups attached to an aromatic ring is 1. The van der Waals surface area contributed by atoms with Crippen LogP contribution in [0.4, 0.5) is 29.1 Å². The number of halogens is 4. The van der Waals surface area contributed by atoms with Crippen LogP contribution in [0.1, 0.15) is 0 Å². The zero-order valence-corrected chi connectivity index (χ0v) is 7.81. The van der Waals surface area contributed by atoms with E-state index >= 15 is 0 Å². The minimum atomic E-state index is -4.21. The normalized spacial score (nSPS) is 11.8. The largest absolute Gasteiger partial charge is 0.391 e. The van der Waals surface area contributed by atoms with E-state index in [0.717, 1.165) is 6.33 Å². The van der Waals surface area contributed by atoms with Crippen molar-refractivity contribution in [2.24, 2.45) is 0 Å². The SMILES string of the molecule is Nc1c(NCC(F)(F)C(F)F)nc[nH]c1=O. The third-order valence-corrected chi connectivity index (χ3v) is 1.70. The topological polar surface area (TPSA) is 83.8 Å². The highest BCUT2D eigenvalue weighted by atomic mass is 19.3. The Morgan fingerprint density at radius 2 is 2.19 bits per heavy atom. The van der Waals surface area contributed by atoms with Gasteiger partial charge in [0.2, 0.25) is 0 Å². The second kappa shape index (κ2) is 4.37. The predicted octanol–water partition coefficient (Wildman–Crippen LogP) is 0.664. The smallest absolute Gasteiger partial charge is 0.324 e. The molecule has 0 spiro atoms. The highest BCUT2D eigenvalue weighted by Crippen LogP contribution is 2.23. The lowest BCUT2D eigenvalue weighted by molar-refractivity contribution is -0.117. The molecule has 0 saturated carbocycles. The molecule has 9 heteroatoms. The lowest BCUT2D eigenvalue weighted by atomic mass is 10.3. The summed E-state index contributed by atoms with van der Waals surface area (Å²) in [6.45, 7) is -1.36. The fourth-order valence-electron chi connectivity index (χ4n) is 0.830. The third kappa shape index (κ3) is 2.61. The molecule has 1 heterocycles. The molecule has 0 saturated heterocycles. The number of H-pyrrole nitrogens is 1. The Morgan fingerprint density at radius 1 is 1.56 bits per heavy atom. The summed E-state index contributed by atoms with van der Waals surface area (Å²) >= 11 is 0. The first-order chi connectivity index (χ1) is 7.34. The van der Waals surface area contributed by atoms with Gasteiger partial charge >= 0.3 is 12.3 Å². The van der Waals surface area contributed by atoms with Crippen LogP contribution in [0, 0.1) is 0 Å². The van der Waals surface area contributed by atoms with Gasteiger partial charge in [-0.2, -0.15) is 8.78 Å². The molecule has 1 aromatic heterocycles. The third-order valence-electron chi connectivity index (χ3n) is 1.70. The molecule has 0 aliphatic rings. The summed E-state index contributed by atoms with van der Waals surface area (Å²) in [5.74, 6) is -4.57. The summed E-state index contributed by atoms with van der Waals surface area (Å²) in [5.41, 5.74) is 4.01. The molecule has 1 aromatic rings. The highest BCUT2D eigenvalue weighted by molar-refractivity contribution is 5.58. The van der Waals surface area contributed by atoms with Crippen LogP contribution in [-0.4, -0.2) is 28.9 Å². The minimum Gasteiger partial charge on any atom is -0.391 e. The second-order valence-corrected chi connectivity index (χ2v) is 2.91. The van der Waals surface area contributed by atoms with Crippen LogP contribution in [0.25, 0.3) is 0 Å². The summed E-state index contributed by atoms with van der Waals surface area (Å²) in [6.07, 6.45) is -2.88. The van der Waals surface area contributed by atoms with Crippen LogP contribution in [0.3, 0.4) is 0 Å². The lowest BCUT2D eigenvalue weighted by Gasteiger charge is -2.16. The molecule has 0 radical (unpaired) electrons. The second-order valence-electron chi connectivity index (χ2n) is 2.91. The van der Waals surface area contributed by atoms with Crippen molar-refractivity contribution < 1.29 is 17.6 Å². The van der Waals surface area contributed by atoms with E-state index in [-0.39, 0.29) is 5.82 Å². The van der Waals surface area contributed by atoms with Crippen LogP contribution in [0.2, 0.25) is 0 Å². The molecule has 0 aromatic carbocycles. The van der Waals surface area contributed by atoms with Gasteiger partial charge in [-0.1, -0.05) is 0 Å². The van der Waals surface area contributed by atoms with Gasteiger partial charge in [0, 0.05) is 0 Å². The first kappa shape index (κ1) is 12.3. The molecule has 0 fully saturated rings. The molecule has 0 amide bonds. The molecular formula is C7H8F4N4O. The molecule has 0 bridgehead atoms. The van der Waals surface area contributed by atoms with Crippen LogP contribution in [0.15, 0.2) is 11.1 Å². The average molecular weight is 240 g/mol. The number of alkyl halides is 4. The van der Waals surface area contributed by atoms with Gasteiger partial charge in [0.1, 0.15) is 5.69 Å². The summed E-state index contributed by atoms with van der Waals surface area (Å²) in [6, 6.07) is 0. The van der Waals surface area contributed by atoms with E-state index in [2.05, 4.69) is 9.97 Å². The first-order valence-corrected chi connectivity index (χ1v) is 4.07. The number of aromatic amines is 1. The standard InChI is InChI=1S/C7H8F4N4O/c8-6(9)7(10,11)1-13-4-3(12)5(16)15-2-14-4/h2,6H,1,12H2,(H2,13,14,15,16).